The molecule has 6 heteroatoms. The molecule has 1 aliphatic heterocycles. The van der Waals surface area contributed by atoms with Gasteiger partial charge in [0, 0.05) is 25.0 Å². The van der Waals surface area contributed by atoms with Crippen molar-refractivity contribution in [3.8, 4) is 0 Å². The Kier molecular flexibility index (Phi) is 5.47. The van der Waals surface area contributed by atoms with Crippen LogP contribution in [-0.4, -0.2) is 37.8 Å². The fourth-order valence-electron chi connectivity index (χ4n) is 2.63. The molecule has 2 rings (SSSR count). The molecule has 0 radical (unpaired) electrons. The van der Waals surface area contributed by atoms with E-state index in [-0.39, 0.29) is 17.9 Å². The monoisotopic (exact) mass is 338 g/mol. The molecule has 0 atom stereocenters. The Hall–Kier alpha value is -1.40. The van der Waals surface area contributed by atoms with Gasteiger partial charge in [0.1, 0.15) is 0 Å². The molecule has 0 unspecified atom stereocenters. The van der Waals surface area contributed by atoms with E-state index in [1.807, 2.05) is 33.8 Å². The van der Waals surface area contributed by atoms with Crippen molar-refractivity contribution < 1.29 is 13.2 Å². The number of nitrogens with one attached hydrogen (secondary N) is 1. The first kappa shape index (κ1) is 17.9. The van der Waals surface area contributed by atoms with Crippen LogP contribution >= 0.6 is 0 Å². The largest absolute Gasteiger partial charge is 0.353 e. The Morgan fingerprint density at radius 3 is 2.30 bits per heavy atom. The van der Waals surface area contributed by atoms with E-state index in [9.17, 15) is 13.2 Å². The molecule has 1 heterocycles. The molecule has 1 aromatic carbocycles. The van der Waals surface area contributed by atoms with Crippen molar-refractivity contribution in [2.45, 2.75) is 51.5 Å². The van der Waals surface area contributed by atoms with Gasteiger partial charge in [-0.05, 0) is 49.9 Å². The summed E-state index contributed by atoms with van der Waals surface area (Å²) in [5.41, 5.74) is 2.06. The van der Waals surface area contributed by atoms with E-state index in [0.29, 0.717) is 30.8 Å². The van der Waals surface area contributed by atoms with Crippen LogP contribution in [0.2, 0.25) is 0 Å². The molecular formula is C17H26N2O3S. The van der Waals surface area contributed by atoms with Gasteiger partial charge in [0.15, 0.2) is 0 Å². The SMILES string of the molecule is Cc1ccc(S(=O)(=O)N2CCC(NC(=O)C(C)C)CC2)cc1C. The van der Waals surface area contributed by atoms with Gasteiger partial charge in [-0.15, -0.1) is 0 Å². The van der Waals surface area contributed by atoms with Gasteiger partial charge in [0.2, 0.25) is 15.9 Å². The smallest absolute Gasteiger partial charge is 0.243 e. The van der Waals surface area contributed by atoms with E-state index >= 15 is 0 Å². The van der Waals surface area contributed by atoms with Crippen LogP contribution in [0.4, 0.5) is 0 Å². The highest BCUT2D eigenvalue weighted by Crippen LogP contribution is 2.22. The maximum atomic E-state index is 12.7. The minimum absolute atomic E-state index is 0.0282. The Morgan fingerprint density at radius 2 is 1.78 bits per heavy atom. The minimum atomic E-state index is -3.45. The van der Waals surface area contributed by atoms with Crippen LogP contribution in [0.3, 0.4) is 0 Å². The molecule has 0 bridgehead atoms. The average Bonchev–Trinajstić information content (AvgIpc) is 2.50. The average molecular weight is 338 g/mol. The third kappa shape index (κ3) is 4.12. The van der Waals surface area contributed by atoms with Crippen LogP contribution in [0.25, 0.3) is 0 Å². The van der Waals surface area contributed by atoms with Crippen LogP contribution in [-0.2, 0) is 14.8 Å². The zero-order valence-electron chi connectivity index (χ0n) is 14.3. The normalized spacial score (nSPS) is 17.4. The lowest BCUT2D eigenvalue weighted by atomic mass is 10.1. The number of aryl methyl sites for hydroxylation is 2. The maximum absolute atomic E-state index is 12.7. The van der Waals surface area contributed by atoms with Gasteiger partial charge in [0.25, 0.3) is 0 Å². The van der Waals surface area contributed by atoms with Gasteiger partial charge >= 0.3 is 0 Å². The molecule has 1 amide bonds. The molecule has 1 fully saturated rings. The number of carbonyl (C=O) groups is 1. The van der Waals surface area contributed by atoms with Gasteiger partial charge < -0.3 is 5.32 Å². The number of amides is 1. The van der Waals surface area contributed by atoms with Gasteiger partial charge in [0.05, 0.1) is 4.90 Å². The summed E-state index contributed by atoms with van der Waals surface area (Å²) in [5.74, 6) is -0.0206. The standard InChI is InChI=1S/C17H26N2O3S/c1-12(2)17(20)18-15-7-9-19(10-8-15)23(21,22)16-6-5-13(3)14(4)11-16/h5-6,11-12,15H,7-10H2,1-4H3,(H,18,20). The zero-order chi connectivity index (χ0) is 17.2. The first-order chi connectivity index (χ1) is 10.7. The van der Waals surface area contributed by atoms with Crippen molar-refractivity contribution in [2.24, 2.45) is 5.92 Å². The maximum Gasteiger partial charge on any atom is 0.243 e. The second kappa shape index (κ2) is 7.01. The second-order valence-corrected chi connectivity index (χ2v) is 8.53. The van der Waals surface area contributed by atoms with Gasteiger partial charge in [-0.2, -0.15) is 4.31 Å². The Labute approximate surface area is 139 Å². The highest BCUT2D eigenvalue weighted by Gasteiger charge is 2.30. The molecule has 0 aromatic heterocycles. The highest BCUT2D eigenvalue weighted by atomic mass is 32.2. The molecule has 1 aromatic rings. The second-order valence-electron chi connectivity index (χ2n) is 6.59. The summed E-state index contributed by atoms with van der Waals surface area (Å²) < 4.78 is 27.0. The number of hydrogen-bond acceptors (Lipinski definition) is 3. The molecule has 1 aliphatic rings. The first-order valence-corrected chi connectivity index (χ1v) is 9.53. The van der Waals surface area contributed by atoms with E-state index < -0.39 is 10.0 Å². The summed E-state index contributed by atoms with van der Waals surface area (Å²) in [6.45, 7) is 8.48. The number of hydrogen-bond donors (Lipinski definition) is 1. The van der Waals surface area contributed by atoms with Gasteiger partial charge in [-0.3, -0.25) is 4.79 Å². The molecule has 0 spiro atoms. The van der Waals surface area contributed by atoms with Crippen molar-refractivity contribution in [1.82, 2.24) is 9.62 Å². The topological polar surface area (TPSA) is 66.5 Å². The molecule has 128 valence electrons. The number of benzene rings is 1. The summed E-state index contributed by atoms with van der Waals surface area (Å²) >= 11 is 0. The number of nitrogens with zero attached hydrogens (tertiary/aromatic N) is 1. The van der Waals surface area contributed by atoms with Crippen LogP contribution in [0.15, 0.2) is 23.1 Å². The molecular weight excluding hydrogens is 312 g/mol. The first-order valence-electron chi connectivity index (χ1n) is 8.09. The molecule has 1 N–H and O–H groups in total. The third-order valence-corrected chi connectivity index (χ3v) is 6.34. The fraction of sp³-hybridized carbons (Fsp3) is 0.588. The van der Waals surface area contributed by atoms with Crippen molar-refractivity contribution in [3.05, 3.63) is 29.3 Å². The molecule has 0 aliphatic carbocycles. The van der Waals surface area contributed by atoms with Gasteiger partial charge in [-0.25, -0.2) is 8.42 Å². The summed E-state index contributed by atoms with van der Waals surface area (Å²) in [7, 11) is -3.45. The van der Waals surface area contributed by atoms with Crippen molar-refractivity contribution in [3.63, 3.8) is 0 Å². The van der Waals surface area contributed by atoms with Crippen LogP contribution < -0.4 is 5.32 Å². The quantitative estimate of drug-likeness (QED) is 0.915. The lowest BCUT2D eigenvalue weighted by Crippen LogP contribution is -2.47. The lowest BCUT2D eigenvalue weighted by molar-refractivity contribution is -0.124. The highest BCUT2D eigenvalue weighted by molar-refractivity contribution is 7.89. The zero-order valence-corrected chi connectivity index (χ0v) is 15.1. The van der Waals surface area contributed by atoms with E-state index in [2.05, 4.69) is 5.32 Å². The lowest BCUT2D eigenvalue weighted by Gasteiger charge is -2.32. The minimum Gasteiger partial charge on any atom is -0.353 e. The van der Waals surface area contributed by atoms with E-state index in [0.717, 1.165) is 11.1 Å². The number of piperidine rings is 1. The third-order valence-electron chi connectivity index (χ3n) is 4.44. The number of rotatable bonds is 4. The molecule has 1 saturated heterocycles. The number of sulfonamides is 1. The van der Waals surface area contributed by atoms with Gasteiger partial charge in [-0.1, -0.05) is 19.9 Å². The van der Waals surface area contributed by atoms with Crippen LogP contribution in [0, 0.1) is 19.8 Å². The Balaban J connectivity index is 2.03. The summed E-state index contributed by atoms with van der Waals surface area (Å²) in [6.07, 6.45) is 1.31. The number of carbonyl (C=O) groups excluding carboxylic acids is 1. The summed E-state index contributed by atoms with van der Waals surface area (Å²) in [4.78, 5) is 12.1. The summed E-state index contributed by atoms with van der Waals surface area (Å²) in [5, 5.41) is 2.99. The van der Waals surface area contributed by atoms with E-state index in [1.165, 1.54) is 4.31 Å². The summed E-state index contributed by atoms with van der Waals surface area (Å²) in [6, 6.07) is 5.32. The van der Waals surface area contributed by atoms with Crippen molar-refractivity contribution in [2.75, 3.05) is 13.1 Å². The van der Waals surface area contributed by atoms with Crippen LogP contribution in [0.1, 0.15) is 37.8 Å². The Bertz CT molecular complexity index is 675. The molecule has 0 saturated carbocycles. The fourth-order valence-corrected chi connectivity index (χ4v) is 4.19. The molecule has 5 nitrogen and oxygen atoms in total. The predicted molar refractivity (Wildman–Crippen MR) is 90.7 cm³/mol. The predicted octanol–water partition coefficient (Wildman–Crippen LogP) is 2.23. The molecule has 23 heavy (non-hydrogen) atoms. The van der Waals surface area contributed by atoms with Crippen molar-refractivity contribution in [1.29, 1.82) is 0 Å². The van der Waals surface area contributed by atoms with E-state index in [4.69, 9.17) is 0 Å². The van der Waals surface area contributed by atoms with E-state index in [1.54, 1.807) is 12.1 Å². The van der Waals surface area contributed by atoms with Crippen molar-refractivity contribution >= 4 is 15.9 Å². The Morgan fingerprint density at radius 1 is 1.17 bits per heavy atom. The van der Waals surface area contributed by atoms with Crippen LogP contribution in [0.5, 0.6) is 0 Å².